The lowest BCUT2D eigenvalue weighted by molar-refractivity contribution is -0.138. The topological polar surface area (TPSA) is 266 Å². The van der Waals surface area contributed by atoms with Gasteiger partial charge in [0, 0.05) is 30.8 Å². The van der Waals surface area contributed by atoms with Crippen LogP contribution in [-0.4, -0.2) is 105 Å². The molecule has 4 amide bonds. The van der Waals surface area contributed by atoms with Crippen LogP contribution >= 0.6 is 21.6 Å². The van der Waals surface area contributed by atoms with Crippen LogP contribution in [0.2, 0.25) is 0 Å². The Hall–Kier alpha value is -3.54. The predicted octanol–water partition coefficient (Wildman–Crippen LogP) is -0.0889. The fourth-order valence-electron chi connectivity index (χ4n) is 2.44. The van der Waals surface area contributed by atoms with Gasteiger partial charge in [0.05, 0.1) is 0 Å². The van der Waals surface area contributed by atoms with Gasteiger partial charge in [0.2, 0.25) is 23.6 Å². The molecular formula is C23H40N4O12S2. The van der Waals surface area contributed by atoms with Crippen LogP contribution in [0.4, 0.5) is 0 Å². The number of hydrogen-bond acceptors (Lipinski definition) is 10. The van der Waals surface area contributed by atoms with Crippen molar-refractivity contribution in [1.82, 2.24) is 21.3 Å². The second-order valence-electron chi connectivity index (χ2n) is 7.49. The lowest BCUT2D eigenvalue weighted by Gasteiger charge is -2.19. The van der Waals surface area contributed by atoms with Crippen molar-refractivity contribution in [3.8, 4) is 0 Å². The summed E-state index contributed by atoms with van der Waals surface area (Å²) in [4.78, 5) is 89.1. The summed E-state index contributed by atoms with van der Waals surface area (Å²) in [6, 6.07) is -2.19. The maximum Gasteiger partial charge on any atom is 0.322 e. The van der Waals surface area contributed by atoms with Crippen LogP contribution in [0.1, 0.15) is 59.3 Å². The number of amides is 4. The van der Waals surface area contributed by atoms with Gasteiger partial charge in [-0.05, 0) is 12.8 Å². The molecular weight excluding hydrogens is 588 g/mol. The summed E-state index contributed by atoms with van der Waals surface area (Å²) in [6.45, 7) is 4.35. The van der Waals surface area contributed by atoms with Crippen molar-refractivity contribution in [2.24, 2.45) is 0 Å². The Morgan fingerprint density at radius 1 is 0.683 bits per heavy atom. The fourth-order valence-corrected chi connectivity index (χ4v) is 4.77. The molecule has 16 nitrogen and oxygen atoms in total. The van der Waals surface area contributed by atoms with E-state index < -0.39 is 60.8 Å². The van der Waals surface area contributed by atoms with Crippen molar-refractivity contribution >= 4 is 69.6 Å². The molecule has 0 aliphatic heterocycles. The molecule has 0 spiro atoms. The van der Waals surface area contributed by atoms with Crippen LogP contribution in [0.15, 0.2) is 0 Å². The standard InChI is InChI=1S/C20H32N4O10S2.C2H6.CH2O2/c1-2-3-5-14(25)23-12(19(33)21-8-17(29)30)10-35-36-11-13(20(34)22-9-18(31)32)24-15(26)6-4-7-16(27)28;1-2;2-1-3/h12-13H,2-11H2,1H3,(H,21,33)(H,22,34)(H,23,25)(H,24,26)(H,27,28)(H,29,30)(H,31,32);1-2H3;1H,(H,2,3). The van der Waals surface area contributed by atoms with E-state index in [9.17, 15) is 33.6 Å². The van der Waals surface area contributed by atoms with Crippen LogP contribution in [0, 0.1) is 0 Å². The van der Waals surface area contributed by atoms with Gasteiger partial charge < -0.3 is 41.7 Å². The van der Waals surface area contributed by atoms with Crippen molar-refractivity contribution in [3.63, 3.8) is 0 Å². The molecule has 0 aromatic carbocycles. The first-order valence-corrected chi connectivity index (χ1v) is 15.0. The largest absolute Gasteiger partial charge is 0.483 e. The average Bonchev–Trinajstić information content (AvgIpc) is 2.91. The molecule has 0 aliphatic rings. The van der Waals surface area contributed by atoms with Crippen LogP contribution in [-0.2, 0) is 38.4 Å². The number of nitrogens with one attached hydrogen (secondary N) is 4. The molecule has 0 radical (unpaired) electrons. The van der Waals surface area contributed by atoms with E-state index in [-0.39, 0.29) is 49.6 Å². The number of unbranched alkanes of at least 4 members (excludes halogenated alkanes) is 1. The normalized spacial score (nSPS) is 11.0. The number of carbonyl (C=O) groups is 8. The summed E-state index contributed by atoms with van der Waals surface area (Å²) in [6.07, 6.45) is 1.23. The molecule has 0 saturated carbocycles. The van der Waals surface area contributed by atoms with E-state index in [1.165, 1.54) is 0 Å². The minimum absolute atomic E-state index is 0.0179. The van der Waals surface area contributed by atoms with Gasteiger partial charge in [0.1, 0.15) is 25.2 Å². The Balaban J connectivity index is -0.00000269. The molecule has 0 aromatic heterocycles. The van der Waals surface area contributed by atoms with E-state index in [1.54, 1.807) is 0 Å². The van der Waals surface area contributed by atoms with Gasteiger partial charge in [0.25, 0.3) is 6.47 Å². The molecule has 0 saturated heterocycles. The summed E-state index contributed by atoms with van der Waals surface area (Å²) in [5.74, 6) is -6.06. The van der Waals surface area contributed by atoms with Gasteiger partial charge >= 0.3 is 17.9 Å². The summed E-state index contributed by atoms with van der Waals surface area (Å²) < 4.78 is 0. The Morgan fingerprint density at radius 3 is 1.37 bits per heavy atom. The molecule has 2 atom stereocenters. The first-order chi connectivity index (χ1) is 19.4. The maximum atomic E-state index is 12.3. The van der Waals surface area contributed by atoms with Crippen molar-refractivity contribution in [3.05, 3.63) is 0 Å². The Morgan fingerprint density at radius 2 is 1.05 bits per heavy atom. The van der Waals surface area contributed by atoms with E-state index in [0.29, 0.717) is 6.42 Å². The van der Waals surface area contributed by atoms with Gasteiger partial charge in [-0.25, -0.2) is 0 Å². The smallest absolute Gasteiger partial charge is 0.322 e. The Labute approximate surface area is 245 Å². The third kappa shape index (κ3) is 27.8. The van der Waals surface area contributed by atoms with Gasteiger partial charge in [-0.1, -0.05) is 48.8 Å². The first kappa shape index (κ1) is 41.9. The lowest BCUT2D eigenvalue weighted by Crippen LogP contribution is -2.49. The van der Waals surface area contributed by atoms with Crippen molar-refractivity contribution in [2.45, 2.75) is 71.4 Å². The monoisotopic (exact) mass is 628 g/mol. The number of carboxylic acids is 3. The van der Waals surface area contributed by atoms with E-state index in [1.807, 2.05) is 20.8 Å². The Kier molecular flexibility index (Phi) is 28.6. The zero-order valence-electron chi connectivity index (χ0n) is 23.2. The van der Waals surface area contributed by atoms with E-state index >= 15 is 0 Å². The predicted molar refractivity (Wildman–Crippen MR) is 151 cm³/mol. The summed E-state index contributed by atoms with van der Waals surface area (Å²) >= 11 is 0. The van der Waals surface area contributed by atoms with Crippen molar-refractivity contribution in [1.29, 1.82) is 0 Å². The van der Waals surface area contributed by atoms with E-state index in [4.69, 9.17) is 25.2 Å². The average molecular weight is 629 g/mol. The second kappa shape index (κ2) is 28.0. The number of carboxylic acid groups (broad SMARTS) is 4. The zero-order chi connectivity index (χ0) is 32.2. The molecule has 0 rings (SSSR count). The number of hydrogen-bond donors (Lipinski definition) is 8. The highest BCUT2D eigenvalue weighted by molar-refractivity contribution is 8.76. The highest BCUT2D eigenvalue weighted by Gasteiger charge is 2.24. The third-order valence-electron chi connectivity index (χ3n) is 4.24. The highest BCUT2D eigenvalue weighted by Crippen LogP contribution is 2.23. The van der Waals surface area contributed by atoms with Crippen LogP contribution in [0.25, 0.3) is 0 Å². The zero-order valence-corrected chi connectivity index (χ0v) is 24.8. The van der Waals surface area contributed by atoms with E-state index in [2.05, 4.69) is 21.3 Å². The SMILES string of the molecule is CC.CCCCC(=O)NC(CSSCC(NC(=O)CCCC(=O)O)C(=O)NCC(=O)O)C(=O)NCC(=O)O.O=CO. The molecule has 8 N–H and O–H groups in total. The minimum atomic E-state index is -1.29. The third-order valence-corrected chi connectivity index (χ3v) is 6.66. The molecule has 0 aliphatic carbocycles. The van der Waals surface area contributed by atoms with E-state index in [0.717, 1.165) is 28.0 Å². The summed E-state index contributed by atoms with van der Waals surface area (Å²) in [5, 5.41) is 42.4. The molecule has 236 valence electrons. The second-order valence-corrected chi connectivity index (χ2v) is 10.0. The van der Waals surface area contributed by atoms with Crippen LogP contribution in [0.3, 0.4) is 0 Å². The number of aliphatic carboxylic acids is 3. The Bertz CT molecular complexity index is 845. The molecule has 18 heteroatoms. The van der Waals surface area contributed by atoms with Gasteiger partial charge in [-0.3, -0.25) is 38.4 Å². The molecule has 0 fully saturated rings. The minimum Gasteiger partial charge on any atom is -0.483 e. The summed E-state index contributed by atoms with van der Waals surface area (Å²) in [7, 11) is 2.14. The molecule has 0 heterocycles. The molecule has 2 unspecified atom stereocenters. The first-order valence-electron chi connectivity index (χ1n) is 12.5. The molecule has 0 aromatic rings. The van der Waals surface area contributed by atoms with Crippen LogP contribution in [0.5, 0.6) is 0 Å². The number of carbonyl (C=O) groups excluding carboxylic acids is 4. The van der Waals surface area contributed by atoms with Gasteiger partial charge in [-0.15, -0.1) is 0 Å². The maximum absolute atomic E-state index is 12.3. The quantitative estimate of drug-likeness (QED) is 0.0498. The molecule has 0 bridgehead atoms. The van der Waals surface area contributed by atoms with Gasteiger partial charge in [-0.2, -0.15) is 0 Å². The van der Waals surface area contributed by atoms with Crippen molar-refractivity contribution in [2.75, 3.05) is 24.6 Å². The van der Waals surface area contributed by atoms with Crippen molar-refractivity contribution < 1.29 is 58.8 Å². The fraction of sp³-hybridized carbons (Fsp3) is 0.652. The molecule has 41 heavy (non-hydrogen) atoms. The van der Waals surface area contributed by atoms with Crippen LogP contribution < -0.4 is 21.3 Å². The lowest BCUT2D eigenvalue weighted by atomic mass is 10.2. The highest BCUT2D eigenvalue weighted by atomic mass is 33.1. The summed E-state index contributed by atoms with van der Waals surface area (Å²) in [5.41, 5.74) is 0. The van der Waals surface area contributed by atoms with Gasteiger partial charge in [0.15, 0.2) is 0 Å². The number of rotatable bonds is 20.